The van der Waals surface area contributed by atoms with Crippen LogP contribution in [0.3, 0.4) is 0 Å². The number of β-amino-alcohol motifs (C(OH)–C–C–N with tert-alkyl or cyclic N) is 1. The lowest BCUT2D eigenvalue weighted by Crippen LogP contribution is -2.29. The molecule has 1 N–H and O–H groups in total. The van der Waals surface area contributed by atoms with Gasteiger partial charge in [0, 0.05) is 18.7 Å². The Morgan fingerprint density at radius 2 is 2.12 bits per heavy atom. The summed E-state index contributed by atoms with van der Waals surface area (Å²) in [6, 6.07) is 3.04. The van der Waals surface area contributed by atoms with E-state index in [4.69, 9.17) is 0 Å². The van der Waals surface area contributed by atoms with Gasteiger partial charge < -0.3 is 10.0 Å². The van der Waals surface area contributed by atoms with Gasteiger partial charge in [0.1, 0.15) is 0 Å². The van der Waals surface area contributed by atoms with Crippen LogP contribution in [-0.2, 0) is 0 Å². The fraction of sp³-hybridized carbons (Fsp3) is 0.364. The second kappa shape index (κ2) is 4.17. The van der Waals surface area contributed by atoms with Crippen molar-refractivity contribution >= 4 is 5.91 Å². The SMILES string of the molecule is O=C(c1ccc(F)c(F)c1)N1CC[C@H](O)C1. The number of nitrogens with zero attached hydrogens (tertiary/aromatic N) is 1. The van der Waals surface area contributed by atoms with Gasteiger partial charge in [0.25, 0.3) is 5.91 Å². The minimum absolute atomic E-state index is 0.105. The highest BCUT2D eigenvalue weighted by Gasteiger charge is 2.25. The van der Waals surface area contributed by atoms with E-state index in [0.717, 1.165) is 12.1 Å². The smallest absolute Gasteiger partial charge is 0.254 e. The van der Waals surface area contributed by atoms with E-state index >= 15 is 0 Å². The van der Waals surface area contributed by atoms with Gasteiger partial charge in [-0.15, -0.1) is 0 Å². The molecule has 1 atom stereocenters. The van der Waals surface area contributed by atoms with Gasteiger partial charge in [0.15, 0.2) is 11.6 Å². The van der Waals surface area contributed by atoms with E-state index in [1.165, 1.54) is 11.0 Å². The molecule has 0 radical (unpaired) electrons. The lowest BCUT2D eigenvalue weighted by atomic mass is 10.2. The zero-order valence-electron chi connectivity index (χ0n) is 8.49. The molecule has 1 aromatic carbocycles. The zero-order valence-corrected chi connectivity index (χ0v) is 8.49. The van der Waals surface area contributed by atoms with Crippen molar-refractivity contribution in [3.05, 3.63) is 35.4 Å². The van der Waals surface area contributed by atoms with Gasteiger partial charge in [0.05, 0.1) is 6.10 Å². The summed E-state index contributed by atoms with van der Waals surface area (Å²) in [5.74, 6) is -2.39. The summed E-state index contributed by atoms with van der Waals surface area (Å²) in [5.41, 5.74) is 0.105. The van der Waals surface area contributed by atoms with Crippen LogP contribution in [-0.4, -0.2) is 35.1 Å². The largest absolute Gasteiger partial charge is 0.391 e. The third kappa shape index (κ3) is 2.04. The van der Waals surface area contributed by atoms with Gasteiger partial charge in [-0.1, -0.05) is 0 Å². The van der Waals surface area contributed by atoms with Crippen molar-refractivity contribution in [2.75, 3.05) is 13.1 Å². The van der Waals surface area contributed by atoms with Gasteiger partial charge in [-0.3, -0.25) is 4.79 Å². The van der Waals surface area contributed by atoms with Crippen LogP contribution in [0, 0.1) is 11.6 Å². The quantitative estimate of drug-likeness (QED) is 0.782. The minimum Gasteiger partial charge on any atom is -0.391 e. The summed E-state index contributed by atoms with van der Waals surface area (Å²) in [7, 11) is 0. The number of benzene rings is 1. The first kappa shape index (κ1) is 11.0. The molecule has 3 nitrogen and oxygen atoms in total. The Labute approximate surface area is 91.3 Å². The number of likely N-dealkylation sites (tertiary alicyclic amines) is 1. The predicted octanol–water partition coefficient (Wildman–Crippen LogP) is 1.17. The number of hydrogen-bond donors (Lipinski definition) is 1. The Morgan fingerprint density at radius 3 is 2.69 bits per heavy atom. The lowest BCUT2D eigenvalue weighted by molar-refractivity contribution is 0.0764. The van der Waals surface area contributed by atoms with Crippen molar-refractivity contribution in [1.82, 2.24) is 4.90 Å². The average molecular weight is 227 g/mol. The molecular weight excluding hydrogens is 216 g/mol. The maximum absolute atomic E-state index is 12.9. The highest BCUT2D eigenvalue weighted by molar-refractivity contribution is 5.94. The Kier molecular flexibility index (Phi) is 2.87. The van der Waals surface area contributed by atoms with E-state index in [0.29, 0.717) is 13.0 Å². The number of amides is 1. The van der Waals surface area contributed by atoms with E-state index in [9.17, 15) is 18.7 Å². The second-order valence-electron chi connectivity index (χ2n) is 3.82. The molecular formula is C11H11F2NO2. The maximum atomic E-state index is 12.9. The Morgan fingerprint density at radius 1 is 1.38 bits per heavy atom. The molecule has 86 valence electrons. The molecule has 5 heteroatoms. The van der Waals surface area contributed by atoms with Crippen molar-refractivity contribution in [3.8, 4) is 0 Å². The second-order valence-corrected chi connectivity index (χ2v) is 3.82. The summed E-state index contributed by atoms with van der Waals surface area (Å²) in [5, 5.41) is 9.27. The molecule has 1 aliphatic rings. The fourth-order valence-corrected chi connectivity index (χ4v) is 1.74. The first-order chi connectivity index (χ1) is 7.58. The molecule has 1 aliphatic heterocycles. The highest BCUT2D eigenvalue weighted by Crippen LogP contribution is 2.15. The summed E-state index contributed by atoms with van der Waals surface area (Å²) in [4.78, 5) is 13.2. The van der Waals surface area contributed by atoms with Crippen LogP contribution >= 0.6 is 0 Å². The number of carbonyl (C=O) groups is 1. The molecule has 1 aromatic rings. The molecule has 0 aliphatic carbocycles. The van der Waals surface area contributed by atoms with E-state index in [1.807, 2.05) is 0 Å². The van der Waals surface area contributed by atoms with Crippen LogP contribution < -0.4 is 0 Å². The molecule has 1 fully saturated rings. The minimum atomic E-state index is -1.04. The van der Waals surface area contributed by atoms with Crippen molar-refractivity contribution in [3.63, 3.8) is 0 Å². The summed E-state index contributed by atoms with van der Waals surface area (Å²) in [6.07, 6.45) is 0.00401. The van der Waals surface area contributed by atoms with Crippen molar-refractivity contribution in [2.24, 2.45) is 0 Å². The summed E-state index contributed by atoms with van der Waals surface area (Å²) in [6.45, 7) is 0.691. The number of aliphatic hydroxyl groups excluding tert-OH is 1. The van der Waals surface area contributed by atoms with E-state index < -0.39 is 17.7 Å². The molecule has 1 saturated heterocycles. The van der Waals surface area contributed by atoms with Crippen LogP contribution in [0.1, 0.15) is 16.8 Å². The van der Waals surface area contributed by atoms with Gasteiger partial charge in [-0.25, -0.2) is 8.78 Å². The predicted molar refractivity (Wildman–Crippen MR) is 52.9 cm³/mol. The number of rotatable bonds is 1. The monoisotopic (exact) mass is 227 g/mol. The molecule has 0 spiro atoms. The molecule has 16 heavy (non-hydrogen) atoms. The Hall–Kier alpha value is -1.49. The Bertz CT molecular complexity index is 422. The van der Waals surface area contributed by atoms with E-state index in [2.05, 4.69) is 0 Å². The molecule has 1 heterocycles. The van der Waals surface area contributed by atoms with Gasteiger partial charge >= 0.3 is 0 Å². The van der Waals surface area contributed by atoms with E-state index in [-0.39, 0.29) is 18.0 Å². The molecule has 0 aromatic heterocycles. The summed E-state index contributed by atoms with van der Waals surface area (Å²) < 4.78 is 25.6. The summed E-state index contributed by atoms with van der Waals surface area (Å²) >= 11 is 0. The van der Waals surface area contributed by atoms with Gasteiger partial charge in [0.2, 0.25) is 0 Å². The number of carbonyl (C=O) groups excluding carboxylic acids is 1. The maximum Gasteiger partial charge on any atom is 0.254 e. The first-order valence-electron chi connectivity index (χ1n) is 5.00. The number of aliphatic hydroxyl groups is 1. The number of hydrogen-bond acceptors (Lipinski definition) is 2. The normalized spacial score (nSPS) is 20.2. The molecule has 0 bridgehead atoms. The van der Waals surface area contributed by atoms with Crippen LogP contribution in [0.2, 0.25) is 0 Å². The topological polar surface area (TPSA) is 40.5 Å². The number of halogens is 2. The van der Waals surface area contributed by atoms with Crippen molar-refractivity contribution in [1.29, 1.82) is 0 Å². The standard InChI is InChI=1S/C11H11F2NO2/c12-9-2-1-7(5-10(9)13)11(16)14-4-3-8(15)6-14/h1-2,5,8,15H,3-4,6H2/t8-/m0/s1. The molecule has 0 unspecified atom stereocenters. The molecule has 2 rings (SSSR count). The molecule has 0 saturated carbocycles. The third-order valence-electron chi connectivity index (χ3n) is 2.62. The Balaban J connectivity index is 2.18. The van der Waals surface area contributed by atoms with Crippen LogP contribution in [0.15, 0.2) is 18.2 Å². The van der Waals surface area contributed by atoms with Crippen LogP contribution in [0.5, 0.6) is 0 Å². The zero-order chi connectivity index (χ0) is 11.7. The third-order valence-corrected chi connectivity index (χ3v) is 2.62. The van der Waals surface area contributed by atoms with Crippen LogP contribution in [0.4, 0.5) is 8.78 Å². The average Bonchev–Trinajstić information content (AvgIpc) is 2.68. The highest BCUT2D eigenvalue weighted by atomic mass is 19.2. The van der Waals surface area contributed by atoms with Crippen LogP contribution in [0.25, 0.3) is 0 Å². The van der Waals surface area contributed by atoms with Gasteiger partial charge in [-0.2, -0.15) is 0 Å². The van der Waals surface area contributed by atoms with Crippen molar-refractivity contribution < 1.29 is 18.7 Å². The van der Waals surface area contributed by atoms with E-state index in [1.54, 1.807) is 0 Å². The fourth-order valence-electron chi connectivity index (χ4n) is 1.74. The molecule has 1 amide bonds. The first-order valence-corrected chi connectivity index (χ1v) is 5.00. The van der Waals surface area contributed by atoms with Crippen molar-refractivity contribution in [2.45, 2.75) is 12.5 Å². The van der Waals surface area contributed by atoms with Gasteiger partial charge in [-0.05, 0) is 24.6 Å². The lowest BCUT2D eigenvalue weighted by Gasteiger charge is -2.15.